The minimum absolute atomic E-state index is 0.0739. The number of halogens is 1. The van der Waals surface area contributed by atoms with E-state index in [2.05, 4.69) is 21.2 Å². The first kappa shape index (κ1) is 15.2. The predicted molar refractivity (Wildman–Crippen MR) is 84.4 cm³/mol. The lowest BCUT2D eigenvalue weighted by molar-refractivity contribution is 0.0948. The Hall–Kier alpha value is -2.21. The van der Waals surface area contributed by atoms with E-state index in [1.807, 2.05) is 0 Å². The molecule has 0 spiro atoms. The van der Waals surface area contributed by atoms with Gasteiger partial charge in [-0.25, -0.2) is 0 Å². The molecule has 21 heavy (non-hydrogen) atoms. The molecule has 0 aliphatic carbocycles. The Morgan fingerprint density at radius 3 is 2.81 bits per heavy atom. The quantitative estimate of drug-likeness (QED) is 0.740. The van der Waals surface area contributed by atoms with E-state index >= 15 is 0 Å². The van der Waals surface area contributed by atoms with Crippen LogP contribution < -0.4 is 15.8 Å². The summed E-state index contributed by atoms with van der Waals surface area (Å²) in [5.41, 5.74) is 7.28. The Labute approximate surface area is 130 Å². The maximum atomic E-state index is 12.1. The fourth-order valence-corrected chi connectivity index (χ4v) is 2.26. The molecular weight excluding hydrogens is 336 g/mol. The van der Waals surface area contributed by atoms with E-state index in [0.717, 1.165) is 5.56 Å². The smallest absolute Gasteiger partial charge is 0.255 e. The number of hydrogen-bond donors (Lipinski definition) is 3. The zero-order valence-corrected chi connectivity index (χ0v) is 13.0. The van der Waals surface area contributed by atoms with Gasteiger partial charge in [-0.3, -0.25) is 4.79 Å². The Morgan fingerprint density at radius 2 is 2.10 bits per heavy atom. The molecule has 0 heterocycles. The molecule has 0 aliphatic heterocycles. The van der Waals surface area contributed by atoms with Gasteiger partial charge in [0, 0.05) is 22.3 Å². The molecule has 0 fully saturated rings. The van der Waals surface area contributed by atoms with E-state index in [4.69, 9.17) is 10.5 Å². The van der Waals surface area contributed by atoms with Crippen LogP contribution in [0.2, 0.25) is 0 Å². The van der Waals surface area contributed by atoms with Crippen LogP contribution in [0, 0.1) is 0 Å². The summed E-state index contributed by atoms with van der Waals surface area (Å²) in [6.45, 7) is 0.249. The van der Waals surface area contributed by atoms with Crippen molar-refractivity contribution in [3.05, 3.63) is 52.0 Å². The fourth-order valence-electron chi connectivity index (χ4n) is 1.90. The lowest BCUT2D eigenvalue weighted by Gasteiger charge is -2.11. The van der Waals surface area contributed by atoms with E-state index in [1.54, 1.807) is 37.4 Å². The van der Waals surface area contributed by atoms with E-state index in [9.17, 15) is 9.90 Å². The molecule has 5 nitrogen and oxygen atoms in total. The first-order valence-electron chi connectivity index (χ1n) is 6.20. The maximum absolute atomic E-state index is 12.1. The molecule has 2 aromatic rings. The largest absolute Gasteiger partial charge is 0.507 e. The number of anilines is 1. The van der Waals surface area contributed by atoms with Crippen LogP contribution in [0.1, 0.15) is 15.9 Å². The van der Waals surface area contributed by atoms with Gasteiger partial charge in [0.1, 0.15) is 11.5 Å². The van der Waals surface area contributed by atoms with Crippen LogP contribution >= 0.6 is 15.9 Å². The van der Waals surface area contributed by atoms with E-state index in [0.29, 0.717) is 15.9 Å². The Bertz CT molecular complexity index is 674. The molecule has 6 heteroatoms. The van der Waals surface area contributed by atoms with Crippen molar-refractivity contribution < 1.29 is 14.6 Å². The van der Waals surface area contributed by atoms with E-state index in [-0.39, 0.29) is 23.8 Å². The number of nitrogens with two attached hydrogens (primary N) is 1. The summed E-state index contributed by atoms with van der Waals surface area (Å²) in [7, 11) is 1.55. The Kier molecular flexibility index (Phi) is 4.70. The highest BCUT2D eigenvalue weighted by atomic mass is 79.9. The standard InChI is InChI=1S/C15H15BrN2O3/c1-21-14-5-3-11(17)6-9(14)8-18-15(20)12-7-10(16)2-4-13(12)19/h2-7,19H,8,17H2,1H3,(H,18,20). The molecule has 0 radical (unpaired) electrons. The number of amides is 1. The highest BCUT2D eigenvalue weighted by molar-refractivity contribution is 9.10. The van der Waals surface area contributed by atoms with Gasteiger partial charge >= 0.3 is 0 Å². The SMILES string of the molecule is COc1ccc(N)cc1CNC(=O)c1cc(Br)ccc1O. The van der Waals surface area contributed by atoms with Crippen LogP contribution in [-0.4, -0.2) is 18.1 Å². The molecule has 0 aliphatic rings. The first-order valence-corrected chi connectivity index (χ1v) is 6.99. The number of rotatable bonds is 4. The summed E-state index contributed by atoms with van der Waals surface area (Å²) in [6, 6.07) is 9.88. The van der Waals surface area contributed by atoms with Gasteiger partial charge in [0.05, 0.1) is 12.7 Å². The molecular formula is C15H15BrN2O3. The highest BCUT2D eigenvalue weighted by Gasteiger charge is 2.12. The van der Waals surface area contributed by atoms with E-state index < -0.39 is 0 Å². The number of methoxy groups -OCH3 is 1. The molecule has 4 N–H and O–H groups in total. The number of carbonyl (C=O) groups is 1. The molecule has 0 saturated heterocycles. The number of ether oxygens (including phenoxy) is 1. The minimum atomic E-state index is -0.377. The number of hydrogen-bond acceptors (Lipinski definition) is 4. The van der Waals surface area contributed by atoms with Gasteiger partial charge in [0.15, 0.2) is 0 Å². The second-order valence-corrected chi connectivity index (χ2v) is 5.33. The highest BCUT2D eigenvalue weighted by Crippen LogP contribution is 2.23. The Balaban J connectivity index is 2.14. The Morgan fingerprint density at radius 1 is 1.33 bits per heavy atom. The lowest BCUT2D eigenvalue weighted by Crippen LogP contribution is -2.23. The van der Waals surface area contributed by atoms with Crippen LogP contribution in [0.5, 0.6) is 11.5 Å². The van der Waals surface area contributed by atoms with Crippen LogP contribution in [-0.2, 0) is 6.54 Å². The third-order valence-corrected chi connectivity index (χ3v) is 3.44. The van der Waals surface area contributed by atoms with Gasteiger partial charge in [-0.1, -0.05) is 15.9 Å². The van der Waals surface area contributed by atoms with Gasteiger partial charge in [-0.05, 0) is 36.4 Å². The van der Waals surface area contributed by atoms with Gasteiger partial charge < -0.3 is 20.9 Å². The molecule has 0 atom stereocenters. The van der Waals surface area contributed by atoms with Crippen LogP contribution in [0.4, 0.5) is 5.69 Å². The van der Waals surface area contributed by atoms with Crippen molar-refractivity contribution in [2.75, 3.05) is 12.8 Å². The zero-order valence-electron chi connectivity index (χ0n) is 11.4. The molecule has 0 bridgehead atoms. The van der Waals surface area contributed by atoms with Crippen LogP contribution in [0.3, 0.4) is 0 Å². The fraction of sp³-hybridized carbons (Fsp3) is 0.133. The number of nitrogens with one attached hydrogen (secondary N) is 1. The summed E-state index contributed by atoms with van der Waals surface area (Å²) in [5, 5.41) is 12.5. The third-order valence-electron chi connectivity index (χ3n) is 2.95. The molecule has 0 unspecified atom stereocenters. The van der Waals surface area contributed by atoms with Crippen molar-refractivity contribution in [2.45, 2.75) is 6.54 Å². The van der Waals surface area contributed by atoms with Crippen molar-refractivity contribution in [1.82, 2.24) is 5.32 Å². The normalized spacial score (nSPS) is 10.2. The summed E-state index contributed by atoms with van der Waals surface area (Å²) in [6.07, 6.45) is 0. The number of benzene rings is 2. The molecule has 2 rings (SSSR count). The van der Waals surface area contributed by atoms with Crippen molar-refractivity contribution >= 4 is 27.5 Å². The monoisotopic (exact) mass is 350 g/mol. The number of phenolic OH excluding ortho intramolecular Hbond substituents is 1. The number of carbonyl (C=O) groups excluding carboxylic acids is 1. The molecule has 2 aromatic carbocycles. The average molecular weight is 351 g/mol. The minimum Gasteiger partial charge on any atom is -0.507 e. The summed E-state index contributed by atoms with van der Waals surface area (Å²) in [5.74, 6) is 0.191. The van der Waals surface area contributed by atoms with Crippen molar-refractivity contribution in [2.24, 2.45) is 0 Å². The molecule has 1 amide bonds. The van der Waals surface area contributed by atoms with Crippen LogP contribution in [0.25, 0.3) is 0 Å². The van der Waals surface area contributed by atoms with Crippen molar-refractivity contribution in [3.8, 4) is 11.5 Å². The van der Waals surface area contributed by atoms with Crippen molar-refractivity contribution in [3.63, 3.8) is 0 Å². The van der Waals surface area contributed by atoms with Gasteiger partial charge in [0.25, 0.3) is 5.91 Å². The number of phenols is 1. The van der Waals surface area contributed by atoms with E-state index in [1.165, 1.54) is 6.07 Å². The van der Waals surface area contributed by atoms with Gasteiger partial charge in [0.2, 0.25) is 0 Å². The molecule has 0 aromatic heterocycles. The second kappa shape index (κ2) is 6.49. The predicted octanol–water partition coefficient (Wildman–Crippen LogP) is 2.68. The zero-order chi connectivity index (χ0) is 15.4. The summed E-state index contributed by atoms with van der Waals surface area (Å²) >= 11 is 3.27. The molecule has 0 saturated carbocycles. The number of nitrogen functional groups attached to an aromatic ring is 1. The molecule has 110 valence electrons. The first-order chi connectivity index (χ1) is 10.0. The van der Waals surface area contributed by atoms with Crippen molar-refractivity contribution in [1.29, 1.82) is 0 Å². The van der Waals surface area contributed by atoms with Gasteiger partial charge in [-0.15, -0.1) is 0 Å². The average Bonchev–Trinajstić information content (AvgIpc) is 2.47. The van der Waals surface area contributed by atoms with Crippen LogP contribution in [0.15, 0.2) is 40.9 Å². The maximum Gasteiger partial charge on any atom is 0.255 e. The lowest BCUT2D eigenvalue weighted by atomic mass is 10.1. The number of aromatic hydroxyl groups is 1. The topological polar surface area (TPSA) is 84.6 Å². The van der Waals surface area contributed by atoms with Gasteiger partial charge in [-0.2, -0.15) is 0 Å². The summed E-state index contributed by atoms with van der Waals surface area (Å²) < 4.78 is 5.93. The summed E-state index contributed by atoms with van der Waals surface area (Å²) in [4.78, 5) is 12.1. The third kappa shape index (κ3) is 3.66. The second-order valence-electron chi connectivity index (χ2n) is 4.42.